The van der Waals surface area contributed by atoms with Gasteiger partial charge in [0.2, 0.25) is 0 Å². The zero-order chi connectivity index (χ0) is 37.0. The fraction of sp³-hybridized carbons (Fsp3) is 0.0545. The van der Waals surface area contributed by atoms with Gasteiger partial charge in [0.25, 0.3) is 0 Å². The zero-order valence-electron chi connectivity index (χ0n) is 30.9. The molecule has 11 aromatic rings. The van der Waals surface area contributed by atoms with Crippen LogP contribution in [0.1, 0.15) is 44.7 Å². The largest absolute Gasteiger partial charge is 0.135 e. The molecular formula is C55H32S2. The topological polar surface area (TPSA) is 0 Å². The van der Waals surface area contributed by atoms with Gasteiger partial charge >= 0.3 is 0 Å². The molecule has 2 heteroatoms. The van der Waals surface area contributed by atoms with Gasteiger partial charge in [-0.25, -0.2) is 0 Å². The third kappa shape index (κ3) is 3.74. The minimum absolute atomic E-state index is 0.363. The number of fused-ring (bicyclic) bond motifs is 16. The molecule has 0 saturated heterocycles. The van der Waals surface area contributed by atoms with Crippen molar-refractivity contribution in [2.45, 2.75) is 18.3 Å². The van der Waals surface area contributed by atoms with Crippen LogP contribution in [-0.4, -0.2) is 0 Å². The normalized spacial score (nSPS) is 14.8. The Kier molecular flexibility index (Phi) is 5.93. The molecule has 2 heterocycles. The summed E-state index contributed by atoms with van der Waals surface area (Å²) in [5, 5.41) is 12.3. The van der Waals surface area contributed by atoms with Gasteiger partial charge in [0.15, 0.2) is 0 Å². The zero-order valence-corrected chi connectivity index (χ0v) is 32.5. The summed E-state index contributed by atoms with van der Waals surface area (Å²) in [5.41, 5.74) is 14.8. The molecule has 57 heavy (non-hydrogen) atoms. The molecule has 3 aliphatic rings. The molecule has 0 N–H and O–H groups in total. The molecule has 0 atom stereocenters. The number of hydrogen-bond donors (Lipinski definition) is 0. The predicted octanol–water partition coefficient (Wildman–Crippen LogP) is 15.5. The lowest BCUT2D eigenvalue weighted by Gasteiger charge is -2.30. The van der Waals surface area contributed by atoms with E-state index in [1.807, 2.05) is 22.7 Å². The van der Waals surface area contributed by atoms with E-state index < -0.39 is 0 Å². The summed E-state index contributed by atoms with van der Waals surface area (Å²) in [6, 6.07) is 62.7. The van der Waals surface area contributed by atoms with Crippen molar-refractivity contribution in [2.75, 3.05) is 0 Å². The Morgan fingerprint density at radius 1 is 0.386 bits per heavy atom. The summed E-state index contributed by atoms with van der Waals surface area (Å²) in [4.78, 5) is 1.43. The van der Waals surface area contributed by atoms with Crippen molar-refractivity contribution in [1.82, 2.24) is 0 Å². The lowest BCUT2D eigenvalue weighted by atomic mass is 9.70. The SMILES string of the molecule is C1=C(c2cc3c(cc2-c2cccc4c2sc2ccccc24)c2cccc4c2c2c(cccc32)C42c3ccccc3-c3ccccc32)c2sc3ccccc3c2CC1. The second-order valence-electron chi connectivity index (χ2n) is 16.1. The molecule has 3 aliphatic carbocycles. The average molecular weight is 757 g/mol. The van der Waals surface area contributed by atoms with Crippen LogP contribution in [0.2, 0.25) is 0 Å². The monoisotopic (exact) mass is 756 g/mol. The number of allylic oxidation sites excluding steroid dienone is 1. The highest BCUT2D eigenvalue weighted by Crippen LogP contribution is 2.63. The highest BCUT2D eigenvalue weighted by atomic mass is 32.1. The highest BCUT2D eigenvalue weighted by molar-refractivity contribution is 7.26. The van der Waals surface area contributed by atoms with Crippen LogP contribution < -0.4 is 0 Å². The molecule has 0 aliphatic heterocycles. The van der Waals surface area contributed by atoms with E-state index in [9.17, 15) is 0 Å². The molecule has 0 fully saturated rings. The molecular weight excluding hydrogens is 725 g/mol. The van der Waals surface area contributed by atoms with Gasteiger partial charge in [0, 0.05) is 35.3 Å². The van der Waals surface area contributed by atoms with Crippen LogP contribution in [0.5, 0.6) is 0 Å². The molecule has 2 aromatic heterocycles. The molecule has 0 amide bonds. The first-order valence-electron chi connectivity index (χ1n) is 20.1. The van der Waals surface area contributed by atoms with Gasteiger partial charge in [-0.1, -0.05) is 146 Å². The van der Waals surface area contributed by atoms with Crippen LogP contribution in [0.25, 0.3) is 90.4 Å². The Morgan fingerprint density at radius 2 is 0.912 bits per heavy atom. The number of benzene rings is 9. The quantitative estimate of drug-likeness (QED) is 0.154. The van der Waals surface area contributed by atoms with Gasteiger partial charge in [-0.15, -0.1) is 22.7 Å². The molecule has 0 radical (unpaired) electrons. The van der Waals surface area contributed by atoms with Crippen molar-refractivity contribution < 1.29 is 0 Å². The van der Waals surface area contributed by atoms with Gasteiger partial charge in [-0.05, 0) is 130 Å². The summed E-state index contributed by atoms with van der Waals surface area (Å²) < 4.78 is 4.09. The van der Waals surface area contributed by atoms with E-state index in [-0.39, 0.29) is 5.41 Å². The van der Waals surface area contributed by atoms with Crippen molar-refractivity contribution in [3.8, 4) is 22.3 Å². The van der Waals surface area contributed by atoms with E-state index in [1.54, 1.807) is 0 Å². The van der Waals surface area contributed by atoms with E-state index in [1.165, 1.54) is 129 Å². The van der Waals surface area contributed by atoms with Crippen LogP contribution in [0.3, 0.4) is 0 Å². The molecule has 0 nitrogen and oxygen atoms in total. The van der Waals surface area contributed by atoms with E-state index in [0.29, 0.717) is 0 Å². The second-order valence-corrected chi connectivity index (χ2v) is 18.2. The van der Waals surface area contributed by atoms with Crippen LogP contribution in [0.4, 0.5) is 0 Å². The van der Waals surface area contributed by atoms with Crippen molar-refractivity contribution in [3.63, 3.8) is 0 Å². The Hall–Kier alpha value is -6.32. The van der Waals surface area contributed by atoms with Gasteiger partial charge in [-0.2, -0.15) is 0 Å². The maximum Gasteiger partial charge on any atom is 0.0725 e. The number of rotatable bonds is 2. The lowest BCUT2D eigenvalue weighted by Crippen LogP contribution is -2.25. The Balaban J connectivity index is 1.15. The number of aryl methyl sites for hydroxylation is 1. The smallest absolute Gasteiger partial charge is 0.0725 e. The van der Waals surface area contributed by atoms with Gasteiger partial charge in [-0.3, -0.25) is 0 Å². The van der Waals surface area contributed by atoms with Crippen LogP contribution >= 0.6 is 22.7 Å². The second kappa shape index (κ2) is 11.0. The predicted molar refractivity (Wildman–Crippen MR) is 245 cm³/mol. The Bertz CT molecular complexity index is 3600. The highest BCUT2D eigenvalue weighted by Gasteiger charge is 2.50. The third-order valence-corrected chi connectivity index (χ3v) is 16.0. The number of hydrogen-bond acceptors (Lipinski definition) is 2. The summed E-state index contributed by atoms with van der Waals surface area (Å²) in [6.45, 7) is 0. The van der Waals surface area contributed by atoms with Gasteiger partial charge in [0.05, 0.1) is 5.41 Å². The van der Waals surface area contributed by atoms with Crippen LogP contribution in [-0.2, 0) is 11.8 Å². The Labute approximate surface area is 337 Å². The fourth-order valence-corrected chi connectivity index (χ4v) is 13.9. The van der Waals surface area contributed by atoms with E-state index in [4.69, 9.17) is 0 Å². The van der Waals surface area contributed by atoms with Crippen molar-refractivity contribution in [1.29, 1.82) is 0 Å². The first kappa shape index (κ1) is 30.8. The molecule has 14 rings (SSSR count). The summed E-state index contributed by atoms with van der Waals surface area (Å²) in [5.74, 6) is 0. The number of thiophene rings is 2. The summed E-state index contributed by atoms with van der Waals surface area (Å²) >= 11 is 3.90. The van der Waals surface area contributed by atoms with E-state index in [0.717, 1.165) is 12.8 Å². The van der Waals surface area contributed by atoms with Crippen molar-refractivity contribution in [3.05, 3.63) is 208 Å². The van der Waals surface area contributed by atoms with Crippen molar-refractivity contribution >= 4 is 90.8 Å². The van der Waals surface area contributed by atoms with Gasteiger partial charge in [0.1, 0.15) is 0 Å². The first-order chi connectivity index (χ1) is 28.3. The maximum atomic E-state index is 2.59. The van der Waals surface area contributed by atoms with Crippen LogP contribution in [0, 0.1) is 0 Å². The lowest BCUT2D eigenvalue weighted by molar-refractivity contribution is 0.797. The maximum absolute atomic E-state index is 2.59. The Morgan fingerprint density at radius 3 is 1.63 bits per heavy atom. The van der Waals surface area contributed by atoms with Crippen LogP contribution in [0.15, 0.2) is 170 Å². The van der Waals surface area contributed by atoms with Crippen molar-refractivity contribution in [2.24, 2.45) is 0 Å². The molecule has 9 aromatic carbocycles. The van der Waals surface area contributed by atoms with E-state index >= 15 is 0 Å². The van der Waals surface area contributed by atoms with Gasteiger partial charge < -0.3 is 0 Å². The summed E-state index contributed by atoms with van der Waals surface area (Å²) in [7, 11) is 0. The molecule has 264 valence electrons. The molecule has 0 bridgehead atoms. The third-order valence-electron chi connectivity index (χ3n) is 13.5. The fourth-order valence-electron chi connectivity index (χ4n) is 11.4. The van der Waals surface area contributed by atoms with E-state index in [2.05, 4.69) is 170 Å². The standard InChI is InChI=1S/C55H32S2/c1-5-23-45-31(13-1)32-14-2-6-24-46(32)55(45)47-25-11-17-35-41-29-43(39-21-9-19-37-33-15-3-7-27-49(33)56-53(37)39)44(30-42(41)36-18-12-26-48(55)52(36)51(35)47)40-22-10-20-38-34-16-4-8-28-50(34)57-54(38)40/h1-9,11-19,21-30H,10,20H2. The molecule has 0 saturated carbocycles. The minimum atomic E-state index is -0.363. The minimum Gasteiger partial charge on any atom is -0.135 e. The molecule has 0 unspecified atom stereocenters. The molecule has 1 spiro atoms. The average Bonchev–Trinajstić information content (AvgIpc) is 4.01. The first-order valence-corrected chi connectivity index (χ1v) is 21.7. The summed E-state index contributed by atoms with van der Waals surface area (Å²) in [6.07, 6.45) is 4.67.